The summed E-state index contributed by atoms with van der Waals surface area (Å²) in [5.41, 5.74) is 0.118. The minimum atomic E-state index is -5.83. The maximum Gasteiger partial charge on any atom is 0.461 e. The lowest BCUT2D eigenvalue weighted by Gasteiger charge is -2.29. The number of carbonyl (C=O) groups excluding carboxylic acids is 3. The number of H-pyrrole nitrogens is 1. The second kappa shape index (κ2) is 14.1. The zero-order valence-electron chi connectivity index (χ0n) is 25.6. The molecule has 0 unspecified atom stereocenters. The van der Waals surface area contributed by atoms with Crippen LogP contribution in [0.2, 0.25) is 0 Å². The van der Waals surface area contributed by atoms with Crippen molar-refractivity contribution in [3.63, 3.8) is 0 Å². The van der Waals surface area contributed by atoms with Gasteiger partial charge in [-0.3, -0.25) is 9.59 Å². The Balaban J connectivity index is 1.42. The number of Topliss-reactive ketones (excluding diaryl/α,β-unsaturated/α-hetero) is 1. The molecule has 1 aliphatic carbocycles. The number of alkyl carbamates (subject to hydrolysis) is 1. The summed E-state index contributed by atoms with van der Waals surface area (Å²) >= 11 is 3.38. The molecule has 250 valence electrons. The molecule has 8 nitrogen and oxygen atoms in total. The first-order valence-corrected chi connectivity index (χ1v) is 15.7. The summed E-state index contributed by atoms with van der Waals surface area (Å²) < 4.78 is 72.3. The van der Waals surface area contributed by atoms with Crippen LogP contribution in [0.5, 0.6) is 0 Å². The summed E-state index contributed by atoms with van der Waals surface area (Å²) in [6.07, 6.45) is -3.42. The number of imidazole rings is 1. The van der Waals surface area contributed by atoms with Crippen LogP contribution in [-0.2, 0) is 26.7 Å². The average molecular weight is 716 g/mol. The van der Waals surface area contributed by atoms with E-state index in [2.05, 4.69) is 31.5 Å². The number of hydrogen-bond acceptors (Lipinski definition) is 5. The number of anilines is 1. The van der Waals surface area contributed by atoms with Gasteiger partial charge in [-0.1, -0.05) is 28.1 Å². The van der Waals surface area contributed by atoms with Crippen LogP contribution < -0.4 is 10.6 Å². The van der Waals surface area contributed by atoms with E-state index in [-0.39, 0.29) is 47.2 Å². The molecule has 1 atom stereocenters. The lowest BCUT2D eigenvalue weighted by molar-refractivity contribution is -0.292. The Morgan fingerprint density at radius 1 is 1.00 bits per heavy atom. The SMILES string of the molecule is CC(C)(C)OC(=O)NCC1CCC(C(=O)C[C@@H](Cc2ccc(Br)cc2)C(=O)Nc2ccc3nc(C(F)(F)C(F)(F)F)[nH]c3c2)CC1. The van der Waals surface area contributed by atoms with Crippen LogP contribution in [0.25, 0.3) is 11.0 Å². The molecule has 0 saturated heterocycles. The Morgan fingerprint density at radius 3 is 2.26 bits per heavy atom. The summed E-state index contributed by atoms with van der Waals surface area (Å²) in [4.78, 5) is 44.3. The average Bonchev–Trinajstić information content (AvgIpc) is 3.40. The van der Waals surface area contributed by atoms with E-state index in [1.165, 1.54) is 18.2 Å². The van der Waals surface area contributed by atoms with E-state index in [0.29, 0.717) is 19.4 Å². The molecule has 0 aliphatic heterocycles. The summed E-state index contributed by atoms with van der Waals surface area (Å²) in [5, 5.41) is 5.48. The van der Waals surface area contributed by atoms with Gasteiger partial charge < -0.3 is 20.4 Å². The number of nitrogens with one attached hydrogen (secondary N) is 3. The number of ether oxygens (including phenoxy) is 1. The molecule has 4 rings (SSSR count). The van der Waals surface area contributed by atoms with Gasteiger partial charge in [0, 0.05) is 35.0 Å². The number of rotatable bonds is 10. The zero-order chi connectivity index (χ0) is 33.9. The van der Waals surface area contributed by atoms with Crippen molar-refractivity contribution >= 4 is 50.4 Å². The number of fused-ring (bicyclic) bond motifs is 1. The molecule has 1 fully saturated rings. The number of halogens is 6. The standard InChI is InChI=1S/C32H36BrF5N4O4/c1-30(2,3)46-29(45)39-17-19-4-8-20(9-5-19)26(43)15-21(14-18-6-10-22(33)11-7-18)27(44)40-23-12-13-24-25(16-23)42-28(41-24)31(34,35)32(36,37)38/h6-7,10-13,16,19-21H,4-5,8-9,14-15,17H2,1-3H3,(H,39,45)(H,40,44)(H,41,42)/t19?,20?,21-/m1/s1. The highest BCUT2D eigenvalue weighted by molar-refractivity contribution is 9.10. The van der Waals surface area contributed by atoms with Crippen molar-refractivity contribution in [3.05, 3.63) is 58.3 Å². The van der Waals surface area contributed by atoms with E-state index in [4.69, 9.17) is 4.74 Å². The van der Waals surface area contributed by atoms with E-state index >= 15 is 0 Å². The van der Waals surface area contributed by atoms with Gasteiger partial charge in [0.15, 0.2) is 5.82 Å². The van der Waals surface area contributed by atoms with Gasteiger partial charge in [0.05, 0.1) is 11.0 Å². The van der Waals surface area contributed by atoms with Crippen molar-refractivity contribution < 1.29 is 41.1 Å². The van der Waals surface area contributed by atoms with Crippen molar-refractivity contribution in [2.24, 2.45) is 17.8 Å². The molecule has 0 bridgehead atoms. The summed E-state index contributed by atoms with van der Waals surface area (Å²) in [5.74, 6) is -8.10. The number of alkyl halides is 5. The van der Waals surface area contributed by atoms with Gasteiger partial charge >= 0.3 is 18.2 Å². The summed E-state index contributed by atoms with van der Waals surface area (Å²) in [6.45, 7) is 5.80. The van der Waals surface area contributed by atoms with E-state index < -0.39 is 41.4 Å². The van der Waals surface area contributed by atoms with Crippen LogP contribution in [0.15, 0.2) is 46.9 Å². The quantitative estimate of drug-likeness (QED) is 0.184. The highest BCUT2D eigenvalue weighted by atomic mass is 79.9. The van der Waals surface area contributed by atoms with Gasteiger partial charge in [0.25, 0.3) is 0 Å². The lowest BCUT2D eigenvalue weighted by Crippen LogP contribution is -2.37. The number of ketones is 1. The van der Waals surface area contributed by atoms with Crippen molar-refractivity contribution in [2.45, 2.75) is 77.0 Å². The third kappa shape index (κ3) is 9.26. The number of aromatic nitrogens is 2. The van der Waals surface area contributed by atoms with Gasteiger partial charge in [-0.15, -0.1) is 0 Å². The Kier molecular flexibility index (Phi) is 10.8. The number of benzene rings is 2. The number of carbonyl (C=O) groups is 3. The summed E-state index contributed by atoms with van der Waals surface area (Å²) in [6, 6.07) is 11.1. The fourth-order valence-corrected chi connectivity index (χ4v) is 5.68. The first-order valence-electron chi connectivity index (χ1n) is 14.9. The van der Waals surface area contributed by atoms with Crippen LogP contribution in [0.4, 0.5) is 32.4 Å². The largest absolute Gasteiger partial charge is 0.461 e. The van der Waals surface area contributed by atoms with Crippen LogP contribution in [0.3, 0.4) is 0 Å². The minimum absolute atomic E-state index is 0.0400. The molecule has 3 aromatic rings. The minimum Gasteiger partial charge on any atom is -0.444 e. The molecular formula is C32H36BrF5N4O4. The van der Waals surface area contributed by atoms with E-state index in [1.807, 2.05) is 29.2 Å². The maximum atomic E-state index is 13.8. The van der Waals surface area contributed by atoms with Crippen molar-refractivity contribution in [1.29, 1.82) is 0 Å². The molecular weight excluding hydrogens is 679 g/mol. The van der Waals surface area contributed by atoms with Gasteiger partial charge in [-0.2, -0.15) is 22.0 Å². The van der Waals surface area contributed by atoms with Gasteiger partial charge in [-0.25, -0.2) is 9.78 Å². The predicted octanol–water partition coefficient (Wildman–Crippen LogP) is 8.07. The molecule has 2 amide bonds. The number of nitrogens with zero attached hydrogens (tertiary/aromatic N) is 1. The summed E-state index contributed by atoms with van der Waals surface area (Å²) in [7, 11) is 0. The number of amides is 2. The molecule has 0 spiro atoms. The Hall–Kier alpha value is -3.55. The second-order valence-corrected chi connectivity index (χ2v) is 13.6. The third-order valence-corrected chi connectivity index (χ3v) is 8.38. The van der Waals surface area contributed by atoms with Crippen LogP contribution >= 0.6 is 15.9 Å². The molecule has 0 radical (unpaired) electrons. The predicted molar refractivity (Wildman–Crippen MR) is 165 cm³/mol. The van der Waals surface area contributed by atoms with Crippen molar-refractivity contribution in [3.8, 4) is 0 Å². The van der Waals surface area contributed by atoms with Gasteiger partial charge in [0.2, 0.25) is 5.91 Å². The maximum absolute atomic E-state index is 13.8. The Labute approximate surface area is 271 Å². The lowest BCUT2D eigenvalue weighted by atomic mass is 9.77. The molecule has 14 heteroatoms. The molecule has 1 aromatic heterocycles. The number of aromatic amines is 1. The zero-order valence-corrected chi connectivity index (χ0v) is 27.2. The normalized spacial score (nSPS) is 18.2. The monoisotopic (exact) mass is 714 g/mol. The van der Waals surface area contributed by atoms with Crippen molar-refractivity contribution in [2.75, 3.05) is 11.9 Å². The van der Waals surface area contributed by atoms with Gasteiger partial charge in [-0.05, 0) is 94.7 Å². The fraction of sp³-hybridized carbons (Fsp3) is 0.500. The Morgan fingerprint density at radius 2 is 1.65 bits per heavy atom. The Bertz CT molecular complexity index is 1540. The van der Waals surface area contributed by atoms with E-state index in [0.717, 1.165) is 22.9 Å². The molecule has 46 heavy (non-hydrogen) atoms. The van der Waals surface area contributed by atoms with Crippen LogP contribution in [0, 0.1) is 17.8 Å². The highest BCUT2D eigenvalue weighted by Crippen LogP contribution is 2.43. The van der Waals surface area contributed by atoms with E-state index in [1.54, 1.807) is 20.8 Å². The van der Waals surface area contributed by atoms with Gasteiger partial charge in [0.1, 0.15) is 11.4 Å². The first kappa shape index (κ1) is 35.3. The highest BCUT2D eigenvalue weighted by Gasteiger charge is 2.61. The van der Waals surface area contributed by atoms with Crippen molar-refractivity contribution in [1.82, 2.24) is 15.3 Å². The van der Waals surface area contributed by atoms with Crippen LogP contribution in [-0.4, -0.2) is 46.1 Å². The number of hydrogen-bond donors (Lipinski definition) is 3. The molecule has 2 aromatic carbocycles. The molecule has 1 aliphatic rings. The molecule has 1 heterocycles. The molecule has 3 N–H and O–H groups in total. The first-order chi connectivity index (χ1) is 21.4. The molecule has 1 saturated carbocycles. The van der Waals surface area contributed by atoms with Crippen LogP contribution in [0.1, 0.15) is 64.3 Å². The second-order valence-electron chi connectivity index (χ2n) is 12.7. The fourth-order valence-electron chi connectivity index (χ4n) is 5.42. The smallest absolute Gasteiger partial charge is 0.444 e. The third-order valence-electron chi connectivity index (χ3n) is 7.85. The van der Waals surface area contributed by atoms with E-state index in [9.17, 15) is 36.3 Å². The topological polar surface area (TPSA) is 113 Å².